The lowest BCUT2D eigenvalue weighted by atomic mass is 9.95. The van der Waals surface area contributed by atoms with Crippen LogP contribution in [0.25, 0.3) is 21.9 Å². The summed E-state index contributed by atoms with van der Waals surface area (Å²) in [5.74, 6) is 0.172. The number of carbonyl (C=O) groups is 1. The van der Waals surface area contributed by atoms with E-state index in [9.17, 15) is 4.79 Å². The highest BCUT2D eigenvalue weighted by Gasteiger charge is 2.25. The number of para-hydroxylation sites is 1. The zero-order valence-corrected chi connectivity index (χ0v) is 17.2. The van der Waals surface area contributed by atoms with Crippen molar-refractivity contribution in [2.24, 2.45) is 5.92 Å². The second-order valence-electron chi connectivity index (χ2n) is 8.28. The summed E-state index contributed by atoms with van der Waals surface area (Å²) in [6, 6.07) is 22.5. The number of hydrogen-bond acceptors (Lipinski definition) is 3. The number of furan rings is 1. The summed E-state index contributed by atoms with van der Waals surface area (Å²) in [7, 11) is 0. The van der Waals surface area contributed by atoms with Crippen molar-refractivity contribution in [2.45, 2.75) is 26.3 Å². The maximum Gasteiger partial charge on any atom is 0.227 e. The monoisotopic (exact) mass is 398 g/mol. The fourth-order valence-corrected chi connectivity index (χ4v) is 4.43. The highest BCUT2D eigenvalue weighted by atomic mass is 16.3. The molecule has 4 heteroatoms. The van der Waals surface area contributed by atoms with E-state index in [0.717, 1.165) is 60.1 Å². The molecule has 0 saturated carbocycles. The summed E-state index contributed by atoms with van der Waals surface area (Å²) >= 11 is 0. The molecule has 5 rings (SSSR count). The minimum Gasteiger partial charge on any atom is -0.456 e. The van der Waals surface area contributed by atoms with Gasteiger partial charge in [0.05, 0.1) is 0 Å². The predicted molar refractivity (Wildman–Crippen MR) is 122 cm³/mol. The maximum atomic E-state index is 12.8. The van der Waals surface area contributed by atoms with Crippen LogP contribution in [0, 0.1) is 12.8 Å². The largest absolute Gasteiger partial charge is 0.456 e. The molecule has 4 aromatic rings. The third kappa shape index (κ3) is 3.71. The molecular formula is C26H26N2O2. The Bertz CT molecular complexity index is 1200. The molecule has 1 aliphatic rings. The second kappa shape index (κ2) is 7.96. The molecule has 0 aliphatic carbocycles. The van der Waals surface area contributed by atoms with Crippen molar-refractivity contribution in [3.05, 3.63) is 77.9 Å². The van der Waals surface area contributed by atoms with Crippen LogP contribution in [-0.2, 0) is 11.3 Å². The minimum atomic E-state index is 0.0597. The lowest BCUT2D eigenvalue weighted by molar-refractivity contribution is -0.121. The molecule has 0 spiro atoms. The predicted octanol–water partition coefficient (Wildman–Crippen LogP) is 5.75. The van der Waals surface area contributed by atoms with Crippen molar-refractivity contribution in [1.82, 2.24) is 4.90 Å². The Morgan fingerprint density at radius 1 is 0.967 bits per heavy atom. The normalized spacial score (nSPS) is 15.6. The number of benzene rings is 3. The van der Waals surface area contributed by atoms with Crippen LogP contribution < -0.4 is 5.32 Å². The van der Waals surface area contributed by atoms with Gasteiger partial charge in [-0.05, 0) is 62.2 Å². The van der Waals surface area contributed by atoms with E-state index in [2.05, 4.69) is 47.5 Å². The van der Waals surface area contributed by atoms with Crippen molar-refractivity contribution < 1.29 is 9.21 Å². The van der Waals surface area contributed by atoms with Crippen LogP contribution in [0.5, 0.6) is 0 Å². The number of nitrogens with one attached hydrogen (secondary N) is 1. The summed E-state index contributed by atoms with van der Waals surface area (Å²) in [5.41, 5.74) is 5.19. The highest BCUT2D eigenvalue weighted by molar-refractivity contribution is 6.06. The molecule has 4 nitrogen and oxygen atoms in total. The molecule has 0 bridgehead atoms. The molecule has 1 N–H and O–H groups in total. The standard InChI is InChI=1S/C26H26N2O2/c1-18-6-2-3-7-20(18)17-28-14-12-19(13-15-28)26(29)27-21-10-11-23-22-8-4-5-9-24(22)30-25(23)16-21/h2-11,16,19H,12-15,17H2,1H3,(H,27,29). The molecule has 1 fully saturated rings. The molecule has 1 aliphatic heterocycles. The van der Waals surface area contributed by atoms with Gasteiger partial charge in [0.1, 0.15) is 11.2 Å². The fourth-order valence-electron chi connectivity index (χ4n) is 4.43. The fraction of sp³-hybridized carbons (Fsp3) is 0.269. The molecule has 0 atom stereocenters. The van der Waals surface area contributed by atoms with E-state index in [1.54, 1.807) is 0 Å². The lowest BCUT2D eigenvalue weighted by Gasteiger charge is -2.31. The average molecular weight is 399 g/mol. The van der Waals surface area contributed by atoms with Gasteiger partial charge in [-0.2, -0.15) is 0 Å². The molecule has 1 amide bonds. The zero-order valence-electron chi connectivity index (χ0n) is 17.2. The molecule has 3 aromatic carbocycles. The molecule has 0 unspecified atom stereocenters. The number of piperidine rings is 1. The Morgan fingerprint density at radius 2 is 1.70 bits per heavy atom. The summed E-state index contributed by atoms with van der Waals surface area (Å²) in [6.45, 7) is 5.03. The Kier molecular flexibility index (Phi) is 5.01. The molecule has 0 radical (unpaired) electrons. The molecule has 2 heterocycles. The van der Waals surface area contributed by atoms with E-state index >= 15 is 0 Å². The summed E-state index contributed by atoms with van der Waals surface area (Å²) in [5, 5.41) is 5.28. The van der Waals surface area contributed by atoms with Crippen molar-refractivity contribution in [1.29, 1.82) is 0 Å². The van der Waals surface area contributed by atoms with E-state index in [-0.39, 0.29) is 11.8 Å². The first kappa shape index (κ1) is 18.9. The van der Waals surface area contributed by atoms with Gasteiger partial charge in [0.25, 0.3) is 0 Å². The van der Waals surface area contributed by atoms with Gasteiger partial charge in [-0.1, -0.05) is 42.5 Å². The number of aryl methyl sites for hydroxylation is 1. The van der Waals surface area contributed by atoms with Gasteiger partial charge in [-0.15, -0.1) is 0 Å². The Labute approximate surface area is 176 Å². The average Bonchev–Trinajstić information content (AvgIpc) is 3.13. The smallest absolute Gasteiger partial charge is 0.227 e. The van der Waals surface area contributed by atoms with Gasteiger partial charge in [-0.3, -0.25) is 9.69 Å². The topological polar surface area (TPSA) is 45.5 Å². The SMILES string of the molecule is Cc1ccccc1CN1CCC(C(=O)Nc2ccc3c(c2)oc2ccccc23)CC1. The third-order valence-electron chi connectivity index (χ3n) is 6.26. The summed E-state index contributed by atoms with van der Waals surface area (Å²) < 4.78 is 5.94. The number of carbonyl (C=O) groups excluding carboxylic acids is 1. The van der Waals surface area contributed by atoms with Crippen LogP contribution in [-0.4, -0.2) is 23.9 Å². The van der Waals surface area contributed by atoms with Crippen molar-refractivity contribution in [3.8, 4) is 0 Å². The van der Waals surface area contributed by atoms with Gasteiger partial charge < -0.3 is 9.73 Å². The summed E-state index contributed by atoms with van der Waals surface area (Å²) in [4.78, 5) is 15.3. The second-order valence-corrected chi connectivity index (χ2v) is 8.28. The van der Waals surface area contributed by atoms with E-state index in [4.69, 9.17) is 4.42 Å². The van der Waals surface area contributed by atoms with E-state index in [1.807, 2.05) is 36.4 Å². The first-order chi connectivity index (χ1) is 14.7. The minimum absolute atomic E-state index is 0.0597. The molecule has 152 valence electrons. The van der Waals surface area contributed by atoms with Crippen molar-refractivity contribution in [2.75, 3.05) is 18.4 Å². The molecule has 1 saturated heterocycles. The van der Waals surface area contributed by atoms with Crippen LogP contribution >= 0.6 is 0 Å². The van der Waals surface area contributed by atoms with Gasteiger partial charge in [0.15, 0.2) is 0 Å². The summed E-state index contributed by atoms with van der Waals surface area (Å²) in [6.07, 6.45) is 1.79. The number of anilines is 1. The maximum absolute atomic E-state index is 12.8. The number of amides is 1. The number of fused-ring (bicyclic) bond motifs is 3. The van der Waals surface area contributed by atoms with Crippen LogP contribution in [0.15, 0.2) is 71.1 Å². The Morgan fingerprint density at radius 3 is 2.53 bits per heavy atom. The van der Waals surface area contributed by atoms with E-state index in [0.29, 0.717) is 0 Å². The number of rotatable bonds is 4. The lowest BCUT2D eigenvalue weighted by Crippen LogP contribution is -2.37. The number of hydrogen-bond donors (Lipinski definition) is 1. The number of likely N-dealkylation sites (tertiary alicyclic amines) is 1. The van der Waals surface area contributed by atoms with Gasteiger partial charge >= 0.3 is 0 Å². The molecule has 30 heavy (non-hydrogen) atoms. The van der Waals surface area contributed by atoms with Crippen LogP contribution in [0.2, 0.25) is 0 Å². The zero-order chi connectivity index (χ0) is 20.5. The van der Waals surface area contributed by atoms with E-state index < -0.39 is 0 Å². The quantitative estimate of drug-likeness (QED) is 0.476. The van der Waals surface area contributed by atoms with Gasteiger partial charge in [-0.25, -0.2) is 0 Å². The van der Waals surface area contributed by atoms with Gasteiger partial charge in [0.2, 0.25) is 5.91 Å². The number of nitrogens with zero attached hydrogens (tertiary/aromatic N) is 1. The van der Waals surface area contributed by atoms with Crippen LogP contribution in [0.1, 0.15) is 24.0 Å². The van der Waals surface area contributed by atoms with Crippen molar-refractivity contribution >= 4 is 33.5 Å². The first-order valence-electron chi connectivity index (χ1n) is 10.7. The van der Waals surface area contributed by atoms with Gasteiger partial charge in [0, 0.05) is 35.0 Å². The highest BCUT2D eigenvalue weighted by Crippen LogP contribution is 2.31. The van der Waals surface area contributed by atoms with Crippen LogP contribution in [0.4, 0.5) is 5.69 Å². The molecule has 1 aromatic heterocycles. The van der Waals surface area contributed by atoms with E-state index in [1.165, 1.54) is 11.1 Å². The van der Waals surface area contributed by atoms with Crippen LogP contribution in [0.3, 0.4) is 0 Å². The first-order valence-corrected chi connectivity index (χ1v) is 10.7. The third-order valence-corrected chi connectivity index (χ3v) is 6.26. The van der Waals surface area contributed by atoms with Crippen molar-refractivity contribution in [3.63, 3.8) is 0 Å². The Balaban J connectivity index is 1.22. The Hall–Kier alpha value is -3.11. The molecular weight excluding hydrogens is 372 g/mol.